The Bertz CT molecular complexity index is 513. The summed E-state index contributed by atoms with van der Waals surface area (Å²) in [5.74, 6) is -1.32. The summed E-state index contributed by atoms with van der Waals surface area (Å²) in [6.45, 7) is 4.50. The van der Waals surface area contributed by atoms with Gasteiger partial charge in [0.1, 0.15) is 12.0 Å². The smallest absolute Gasteiger partial charge is 0.145 e. The van der Waals surface area contributed by atoms with Crippen molar-refractivity contribution < 1.29 is 20.1 Å². The van der Waals surface area contributed by atoms with Gasteiger partial charge < -0.3 is 21.1 Å². The zero-order valence-electron chi connectivity index (χ0n) is 26.2. The molecule has 0 aliphatic carbocycles. The Kier molecular flexibility index (Phi) is 28.7. The summed E-state index contributed by atoms with van der Waals surface area (Å²) in [5, 5.41) is 30.9. The molecule has 0 rings (SSSR count). The molecule has 5 N–H and O–H groups in total. The van der Waals surface area contributed by atoms with Crippen molar-refractivity contribution in [1.82, 2.24) is 0 Å². The average Bonchev–Trinajstić information content (AvgIpc) is 2.89. The van der Waals surface area contributed by atoms with Crippen LogP contribution in [-0.4, -0.2) is 39.5 Å². The number of Topliss-reactive ketones (excluding diaryl/α,β-unsaturated/α-hetero) is 1. The van der Waals surface area contributed by atoms with Crippen molar-refractivity contribution in [2.24, 2.45) is 11.7 Å². The maximum absolute atomic E-state index is 12.7. The number of hydrogen-bond acceptors (Lipinski definition) is 5. The van der Waals surface area contributed by atoms with E-state index in [0.717, 1.165) is 32.1 Å². The highest BCUT2D eigenvalue weighted by Gasteiger charge is 2.32. The Labute approximate surface area is 243 Å². The molecule has 5 nitrogen and oxygen atoms in total. The molecular weight excluding hydrogens is 486 g/mol. The first kappa shape index (κ1) is 38.5. The molecule has 0 spiro atoms. The predicted octanol–water partition coefficient (Wildman–Crippen LogP) is 8.74. The third-order valence-electron chi connectivity index (χ3n) is 8.34. The number of nitrogens with two attached hydrogens (primary N) is 1. The largest absolute Gasteiger partial charge is 0.393 e. The van der Waals surface area contributed by atoms with Crippen LogP contribution >= 0.6 is 0 Å². The molecular formula is C34H69NO4. The van der Waals surface area contributed by atoms with Gasteiger partial charge in [0.2, 0.25) is 0 Å². The van der Waals surface area contributed by atoms with Crippen molar-refractivity contribution in [2.75, 3.05) is 0 Å². The maximum atomic E-state index is 12.7. The molecule has 0 aromatic rings. The Hall–Kier alpha value is -0.490. The molecule has 0 saturated heterocycles. The summed E-state index contributed by atoms with van der Waals surface area (Å²) in [6, 6.07) is 0. The van der Waals surface area contributed by atoms with Crippen LogP contribution in [0, 0.1) is 5.92 Å². The second kappa shape index (κ2) is 29.0. The number of aliphatic hydroxyl groups excluding tert-OH is 3. The van der Waals surface area contributed by atoms with E-state index < -0.39 is 24.4 Å². The lowest BCUT2D eigenvalue weighted by atomic mass is 9.88. The van der Waals surface area contributed by atoms with E-state index in [1.807, 2.05) is 0 Å². The lowest BCUT2D eigenvalue weighted by Crippen LogP contribution is -2.44. The van der Waals surface area contributed by atoms with E-state index in [4.69, 9.17) is 5.73 Å². The fourth-order valence-electron chi connectivity index (χ4n) is 5.70. The number of unbranched alkanes of at least 4 members (excludes halogenated alkanes) is 22. The Morgan fingerprint density at radius 2 is 0.821 bits per heavy atom. The van der Waals surface area contributed by atoms with Gasteiger partial charge in [-0.05, 0) is 12.8 Å². The van der Waals surface area contributed by atoms with E-state index in [-0.39, 0.29) is 12.2 Å². The van der Waals surface area contributed by atoms with Gasteiger partial charge >= 0.3 is 0 Å². The first-order valence-electron chi connectivity index (χ1n) is 17.3. The van der Waals surface area contributed by atoms with Gasteiger partial charge in [0.05, 0.1) is 18.1 Å². The fourth-order valence-corrected chi connectivity index (χ4v) is 5.70. The monoisotopic (exact) mass is 556 g/mol. The number of hydrogen-bond donors (Lipinski definition) is 4. The number of aliphatic hydroxyl groups is 3. The van der Waals surface area contributed by atoms with Crippen molar-refractivity contribution in [3.63, 3.8) is 0 Å². The van der Waals surface area contributed by atoms with Crippen LogP contribution in [0.5, 0.6) is 0 Å². The topological polar surface area (TPSA) is 104 Å². The van der Waals surface area contributed by atoms with Crippen LogP contribution in [0.25, 0.3) is 0 Å². The van der Waals surface area contributed by atoms with Crippen LogP contribution in [0.15, 0.2) is 0 Å². The lowest BCUT2D eigenvalue weighted by Gasteiger charge is -2.25. The van der Waals surface area contributed by atoms with Crippen molar-refractivity contribution in [1.29, 1.82) is 0 Å². The normalized spacial score (nSPS) is 14.8. The van der Waals surface area contributed by atoms with Gasteiger partial charge in [0.15, 0.2) is 0 Å². The van der Waals surface area contributed by atoms with Gasteiger partial charge in [0.25, 0.3) is 0 Å². The van der Waals surface area contributed by atoms with Gasteiger partial charge in [-0.3, -0.25) is 4.79 Å². The fraction of sp³-hybridized carbons (Fsp3) is 0.971. The van der Waals surface area contributed by atoms with Crippen LogP contribution < -0.4 is 5.73 Å². The Morgan fingerprint density at radius 1 is 0.513 bits per heavy atom. The average molecular weight is 556 g/mol. The maximum Gasteiger partial charge on any atom is 0.145 e. The highest BCUT2D eigenvalue weighted by Crippen LogP contribution is 2.20. The Balaban J connectivity index is 3.84. The summed E-state index contributed by atoms with van der Waals surface area (Å²) < 4.78 is 0. The summed E-state index contributed by atoms with van der Waals surface area (Å²) in [7, 11) is 0. The van der Waals surface area contributed by atoms with Gasteiger partial charge in [-0.1, -0.05) is 168 Å². The molecule has 0 heterocycles. The van der Waals surface area contributed by atoms with Crippen molar-refractivity contribution in [3.05, 3.63) is 0 Å². The van der Waals surface area contributed by atoms with Crippen molar-refractivity contribution in [3.8, 4) is 0 Å². The summed E-state index contributed by atoms with van der Waals surface area (Å²) >= 11 is 0. The molecule has 0 saturated carbocycles. The molecule has 0 aromatic heterocycles. The molecule has 0 aromatic carbocycles. The quantitative estimate of drug-likeness (QED) is 0.0506. The molecule has 0 aliphatic rings. The van der Waals surface area contributed by atoms with E-state index in [1.54, 1.807) is 0 Å². The molecule has 0 bridgehead atoms. The number of rotatable bonds is 31. The third-order valence-corrected chi connectivity index (χ3v) is 8.34. The minimum absolute atomic E-state index is 0.0354. The van der Waals surface area contributed by atoms with E-state index in [0.29, 0.717) is 12.8 Å². The van der Waals surface area contributed by atoms with Gasteiger partial charge in [0, 0.05) is 6.42 Å². The molecule has 39 heavy (non-hydrogen) atoms. The molecule has 5 heteroatoms. The zero-order valence-corrected chi connectivity index (χ0v) is 26.2. The van der Waals surface area contributed by atoms with Gasteiger partial charge in [-0.2, -0.15) is 0 Å². The third kappa shape index (κ3) is 25.0. The standard InChI is InChI=1S/C34H69NO4/c1-3-5-7-9-11-13-15-16-18-20-22-24-26-28-31(37)33(34(35)39)32(38)29-30(36)27-25-23-21-19-17-14-12-10-8-6-4-2/h30-31,33-34,36-37,39H,3-29,35H2,1-2H3/t30?,31-,33-,34?/m1/s1. The van der Waals surface area contributed by atoms with E-state index in [2.05, 4.69) is 13.8 Å². The van der Waals surface area contributed by atoms with Crippen molar-refractivity contribution in [2.45, 2.75) is 206 Å². The van der Waals surface area contributed by atoms with Crippen LogP contribution in [0.2, 0.25) is 0 Å². The molecule has 0 amide bonds. The SMILES string of the molecule is CCCCCCCCCCCCCCC[C@@H](O)[C@H](C(=O)CC(O)CCCCCCCCCCCCC)C(N)O. The molecule has 0 radical (unpaired) electrons. The van der Waals surface area contributed by atoms with Crippen LogP contribution in [0.4, 0.5) is 0 Å². The number of carbonyl (C=O) groups is 1. The Morgan fingerprint density at radius 3 is 1.15 bits per heavy atom. The second-order valence-electron chi connectivity index (χ2n) is 12.3. The highest BCUT2D eigenvalue weighted by atomic mass is 16.3. The van der Waals surface area contributed by atoms with Crippen molar-refractivity contribution >= 4 is 5.78 Å². The predicted molar refractivity (Wildman–Crippen MR) is 167 cm³/mol. The minimum Gasteiger partial charge on any atom is -0.393 e. The van der Waals surface area contributed by atoms with E-state index in [1.165, 1.54) is 122 Å². The summed E-state index contributed by atoms with van der Waals surface area (Å²) in [4.78, 5) is 12.7. The molecule has 234 valence electrons. The van der Waals surface area contributed by atoms with Crippen LogP contribution in [-0.2, 0) is 4.79 Å². The van der Waals surface area contributed by atoms with Crippen LogP contribution in [0.3, 0.4) is 0 Å². The van der Waals surface area contributed by atoms with Gasteiger partial charge in [-0.15, -0.1) is 0 Å². The molecule has 0 aliphatic heterocycles. The first-order valence-corrected chi connectivity index (χ1v) is 17.3. The minimum atomic E-state index is -1.39. The van der Waals surface area contributed by atoms with E-state index >= 15 is 0 Å². The first-order chi connectivity index (χ1) is 18.9. The zero-order chi connectivity index (χ0) is 29.0. The lowest BCUT2D eigenvalue weighted by molar-refractivity contribution is -0.133. The highest BCUT2D eigenvalue weighted by molar-refractivity contribution is 5.82. The second-order valence-corrected chi connectivity index (χ2v) is 12.3. The summed E-state index contributed by atoms with van der Waals surface area (Å²) in [5.41, 5.74) is 5.66. The number of ketones is 1. The summed E-state index contributed by atoms with van der Waals surface area (Å²) in [6.07, 6.45) is 28.1. The van der Waals surface area contributed by atoms with Gasteiger partial charge in [-0.25, -0.2) is 0 Å². The molecule has 0 fully saturated rings. The number of carbonyl (C=O) groups excluding carboxylic acids is 1. The molecule has 2 unspecified atom stereocenters. The molecule has 4 atom stereocenters. The van der Waals surface area contributed by atoms with E-state index in [9.17, 15) is 20.1 Å². The van der Waals surface area contributed by atoms with Crippen LogP contribution in [0.1, 0.15) is 187 Å².